The molecule has 1 atom stereocenters. The number of amides is 1. The number of ether oxygens (including phenoxy) is 1. The van der Waals surface area contributed by atoms with Crippen molar-refractivity contribution in [1.29, 1.82) is 0 Å². The van der Waals surface area contributed by atoms with Crippen LogP contribution in [0.1, 0.15) is 11.1 Å². The number of hydrogen-bond donors (Lipinski definition) is 1. The Hall–Kier alpha value is -2.50. The summed E-state index contributed by atoms with van der Waals surface area (Å²) in [6, 6.07) is 11.6. The second kappa shape index (κ2) is 5.36. The minimum atomic E-state index is -4.39. The maximum Gasteiger partial charge on any atom is 0.416 e. The molecule has 1 amide bonds. The molecular formula is C16H12F3NO2. The van der Waals surface area contributed by atoms with Crippen LogP contribution in [0.25, 0.3) is 0 Å². The maximum absolute atomic E-state index is 12.5. The average molecular weight is 307 g/mol. The second-order valence-corrected chi connectivity index (χ2v) is 4.98. The van der Waals surface area contributed by atoms with E-state index in [1.165, 1.54) is 12.1 Å². The van der Waals surface area contributed by atoms with Gasteiger partial charge < -0.3 is 10.1 Å². The van der Waals surface area contributed by atoms with Gasteiger partial charge in [0.25, 0.3) is 5.91 Å². The zero-order valence-corrected chi connectivity index (χ0v) is 11.4. The first-order valence-electron chi connectivity index (χ1n) is 6.66. The largest absolute Gasteiger partial charge is 0.480 e. The standard InChI is InChI=1S/C16H12F3NO2/c17-16(18,19)11-5-7-12(8-6-11)20-15(21)14-9-10-3-1-2-4-13(10)22-14/h1-8,14H,9H2,(H,20,21)/t14-/m1/s1. The number of halogens is 3. The van der Waals surface area contributed by atoms with Crippen molar-refractivity contribution in [1.82, 2.24) is 0 Å². The van der Waals surface area contributed by atoms with E-state index in [1.807, 2.05) is 18.2 Å². The average Bonchev–Trinajstić information content (AvgIpc) is 2.91. The van der Waals surface area contributed by atoms with Gasteiger partial charge in [-0.05, 0) is 35.9 Å². The number of fused-ring (bicyclic) bond motifs is 1. The summed E-state index contributed by atoms with van der Waals surface area (Å²) < 4.78 is 42.9. The lowest BCUT2D eigenvalue weighted by molar-refractivity contribution is -0.137. The van der Waals surface area contributed by atoms with E-state index in [0.29, 0.717) is 17.9 Å². The third-order valence-corrected chi connectivity index (χ3v) is 3.42. The van der Waals surface area contributed by atoms with E-state index in [2.05, 4.69) is 5.32 Å². The Morgan fingerprint density at radius 1 is 1.09 bits per heavy atom. The molecule has 2 aromatic rings. The van der Waals surface area contributed by atoms with Crippen molar-refractivity contribution in [3.05, 3.63) is 59.7 Å². The van der Waals surface area contributed by atoms with Gasteiger partial charge in [-0.25, -0.2) is 0 Å². The van der Waals surface area contributed by atoms with Crippen LogP contribution < -0.4 is 10.1 Å². The summed E-state index contributed by atoms with van der Waals surface area (Å²) in [6.45, 7) is 0. The summed E-state index contributed by atoms with van der Waals surface area (Å²) >= 11 is 0. The predicted molar refractivity (Wildman–Crippen MR) is 74.6 cm³/mol. The van der Waals surface area contributed by atoms with Gasteiger partial charge in [0.2, 0.25) is 0 Å². The molecule has 0 aromatic heterocycles. The van der Waals surface area contributed by atoms with Crippen LogP contribution in [-0.2, 0) is 17.4 Å². The number of rotatable bonds is 2. The van der Waals surface area contributed by atoms with Crippen LogP contribution in [0.2, 0.25) is 0 Å². The van der Waals surface area contributed by atoms with Gasteiger partial charge in [-0.3, -0.25) is 4.79 Å². The van der Waals surface area contributed by atoms with E-state index in [1.54, 1.807) is 6.07 Å². The molecule has 1 aliphatic rings. The van der Waals surface area contributed by atoms with E-state index in [4.69, 9.17) is 4.74 Å². The molecule has 0 saturated carbocycles. The highest BCUT2D eigenvalue weighted by molar-refractivity contribution is 5.95. The highest BCUT2D eigenvalue weighted by Crippen LogP contribution is 2.31. The van der Waals surface area contributed by atoms with Gasteiger partial charge in [0.15, 0.2) is 6.10 Å². The van der Waals surface area contributed by atoms with Crippen molar-refractivity contribution < 1.29 is 22.7 Å². The molecule has 0 radical (unpaired) electrons. The van der Waals surface area contributed by atoms with E-state index in [-0.39, 0.29) is 5.91 Å². The molecule has 22 heavy (non-hydrogen) atoms. The van der Waals surface area contributed by atoms with Crippen LogP contribution in [0.15, 0.2) is 48.5 Å². The summed E-state index contributed by atoms with van der Waals surface area (Å²) in [7, 11) is 0. The van der Waals surface area contributed by atoms with Crippen LogP contribution >= 0.6 is 0 Å². The van der Waals surface area contributed by atoms with E-state index < -0.39 is 17.8 Å². The minimum absolute atomic E-state index is 0.303. The van der Waals surface area contributed by atoms with Crippen LogP contribution in [-0.4, -0.2) is 12.0 Å². The number of alkyl halides is 3. The molecule has 1 N–H and O–H groups in total. The molecular weight excluding hydrogens is 295 g/mol. The van der Waals surface area contributed by atoms with Gasteiger partial charge >= 0.3 is 6.18 Å². The molecule has 114 valence electrons. The van der Waals surface area contributed by atoms with Gasteiger partial charge in [0.1, 0.15) is 5.75 Å². The lowest BCUT2D eigenvalue weighted by Gasteiger charge is -2.12. The van der Waals surface area contributed by atoms with Crippen molar-refractivity contribution in [2.75, 3.05) is 5.32 Å². The topological polar surface area (TPSA) is 38.3 Å². The Morgan fingerprint density at radius 2 is 1.77 bits per heavy atom. The quantitative estimate of drug-likeness (QED) is 0.920. The third kappa shape index (κ3) is 2.90. The van der Waals surface area contributed by atoms with Gasteiger partial charge in [0, 0.05) is 12.1 Å². The third-order valence-electron chi connectivity index (χ3n) is 3.42. The Balaban J connectivity index is 1.66. The maximum atomic E-state index is 12.5. The first-order valence-corrected chi connectivity index (χ1v) is 6.66. The molecule has 1 aliphatic heterocycles. The summed E-state index contributed by atoms with van der Waals surface area (Å²) in [5.74, 6) is 0.283. The molecule has 1 heterocycles. The number of hydrogen-bond acceptors (Lipinski definition) is 2. The zero-order chi connectivity index (χ0) is 15.7. The lowest BCUT2D eigenvalue weighted by Crippen LogP contribution is -2.31. The number of para-hydroxylation sites is 1. The summed E-state index contributed by atoms with van der Waals surface area (Å²) in [4.78, 5) is 12.1. The SMILES string of the molecule is O=C(Nc1ccc(C(F)(F)F)cc1)[C@H]1Cc2ccccc2O1. The summed E-state index contributed by atoms with van der Waals surface area (Å²) in [5.41, 5.74) is 0.489. The Morgan fingerprint density at radius 3 is 2.41 bits per heavy atom. The van der Waals surface area contributed by atoms with Gasteiger partial charge in [-0.15, -0.1) is 0 Å². The van der Waals surface area contributed by atoms with Crippen molar-refractivity contribution >= 4 is 11.6 Å². The fourth-order valence-corrected chi connectivity index (χ4v) is 2.29. The van der Waals surface area contributed by atoms with E-state index in [0.717, 1.165) is 17.7 Å². The number of carbonyl (C=O) groups is 1. The zero-order valence-electron chi connectivity index (χ0n) is 11.4. The molecule has 0 unspecified atom stereocenters. The molecule has 0 saturated heterocycles. The van der Waals surface area contributed by atoms with Crippen molar-refractivity contribution in [2.45, 2.75) is 18.7 Å². The van der Waals surface area contributed by atoms with Crippen LogP contribution in [0.3, 0.4) is 0 Å². The van der Waals surface area contributed by atoms with E-state index in [9.17, 15) is 18.0 Å². The minimum Gasteiger partial charge on any atom is -0.480 e. The number of benzene rings is 2. The highest BCUT2D eigenvalue weighted by atomic mass is 19.4. The normalized spacial score (nSPS) is 16.8. The van der Waals surface area contributed by atoms with Crippen molar-refractivity contribution in [3.63, 3.8) is 0 Å². The molecule has 0 spiro atoms. The summed E-state index contributed by atoms with van der Waals surface area (Å²) in [5, 5.41) is 2.57. The van der Waals surface area contributed by atoms with E-state index >= 15 is 0 Å². The molecule has 3 nitrogen and oxygen atoms in total. The Kier molecular flexibility index (Phi) is 3.52. The fourth-order valence-electron chi connectivity index (χ4n) is 2.29. The smallest absolute Gasteiger partial charge is 0.416 e. The predicted octanol–water partition coefficient (Wildman–Crippen LogP) is 3.65. The molecule has 3 rings (SSSR count). The first kappa shape index (κ1) is 14.4. The van der Waals surface area contributed by atoms with Crippen LogP contribution in [0.5, 0.6) is 5.75 Å². The van der Waals surface area contributed by atoms with Crippen molar-refractivity contribution in [3.8, 4) is 5.75 Å². The second-order valence-electron chi connectivity index (χ2n) is 4.98. The van der Waals surface area contributed by atoms with Gasteiger partial charge in [0.05, 0.1) is 5.56 Å². The number of anilines is 1. The van der Waals surface area contributed by atoms with Gasteiger partial charge in [-0.1, -0.05) is 18.2 Å². The first-order chi connectivity index (χ1) is 10.4. The van der Waals surface area contributed by atoms with Crippen LogP contribution in [0.4, 0.5) is 18.9 Å². The molecule has 0 bridgehead atoms. The molecule has 2 aromatic carbocycles. The van der Waals surface area contributed by atoms with Crippen molar-refractivity contribution in [2.24, 2.45) is 0 Å². The number of nitrogens with one attached hydrogen (secondary N) is 1. The van der Waals surface area contributed by atoms with Crippen LogP contribution in [0, 0.1) is 0 Å². The molecule has 6 heteroatoms. The Bertz CT molecular complexity index is 670. The van der Waals surface area contributed by atoms with Gasteiger partial charge in [-0.2, -0.15) is 13.2 Å². The molecule has 0 fully saturated rings. The fraction of sp³-hybridized carbons (Fsp3) is 0.188. The summed E-state index contributed by atoms with van der Waals surface area (Å²) in [6.07, 6.45) is -4.61. The highest BCUT2D eigenvalue weighted by Gasteiger charge is 2.31. The number of carbonyl (C=O) groups excluding carboxylic acids is 1. The molecule has 0 aliphatic carbocycles. The lowest BCUT2D eigenvalue weighted by atomic mass is 10.1. The monoisotopic (exact) mass is 307 g/mol. The Labute approximate surface area is 124 Å².